The van der Waals surface area contributed by atoms with Crippen LogP contribution in [0.2, 0.25) is 0 Å². The van der Waals surface area contributed by atoms with Crippen LogP contribution in [0.25, 0.3) is 0 Å². The Balaban J connectivity index is 1.61. The van der Waals surface area contributed by atoms with Gasteiger partial charge in [0.05, 0.1) is 25.3 Å². The number of nitrogens with one attached hydrogen (secondary N) is 1. The van der Waals surface area contributed by atoms with E-state index < -0.39 is 0 Å². The van der Waals surface area contributed by atoms with Crippen LogP contribution >= 0.6 is 0 Å². The van der Waals surface area contributed by atoms with Gasteiger partial charge < -0.3 is 15.0 Å². The number of carbonyl (C=O) groups excluding carboxylic acids is 2. The van der Waals surface area contributed by atoms with Crippen molar-refractivity contribution in [2.45, 2.75) is 38.6 Å². The maximum absolute atomic E-state index is 12.5. The second-order valence-electron chi connectivity index (χ2n) is 6.73. The predicted octanol–water partition coefficient (Wildman–Crippen LogP) is 1.81. The Morgan fingerprint density at radius 1 is 1.22 bits per heavy atom. The van der Waals surface area contributed by atoms with E-state index >= 15 is 0 Å². The summed E-state index contributed by atoms with van der Waals surface area (Å²) in [5.74, 6) is -0.202. The molecule has 1 aromatic carbocycles. The lowest BCUT2D eigenvalue weighted by Gasteiger charge is -2.52. The first-order chi connectivity index (χ1) is 11.0. The van der Waals surface area contributed by atoms with Crippen LogP contribution in [0.4, 0.5) is 0 Å². The summed E-state index contributed by atoms with van der Waals surface area (Å²) < 4.78 is 5.55. The van der Waals surface area contributed by atoms with E-state index in [1.165, 1.54) is 0 Å². The number of amides is 2. The first-order valence-electron chi connectivity index (χ1n) is 8.25. The van der Waals surface area contributed by atoms with Crippen molar-refractivity contribution in [3.63, 3.8) is 0 Å². The third kappa shape index (κ3) is 3.24. The molecule has 1 saturated carbocycles. The molecule has 1 spiro atoms. The highest BCUT2D eigenvalue weighted by atomic mass is 16.5. The Kier molecular flexibility index (Phi) is 4.39. The summed E-state index contributed by atoms with van der Waals surface area (Å²) in [5, 5.41) is 2.77. The summed E-state index contributed by atoms with van der Waals surface area (Å²) in [7, 11) is 0. The number of hydrogen-bond acceptors (Lipinski definition) is 3. The van der Waals surface area contributed by atoms with Crippen LogP contribution in [-0.2, 0) is 9.53 Å². The van der Waals surface area contributed by atoms with E-state index in [1.807, 2.05) is 36.9 Å². The van der Waals surface area contributed by atoms with Crippen LogP contribution in [0, 0.1) is 13.8 Å². The number of morpholine rings is 1. The number of ether oxygens (including phenoxy) is 1. The lowest BCUT2D eigenvalue weighted by Crippen LogP contribution is -2.64. The molecule has 5 nitrogen and oxygen atoms in total. The Morgan fingerprint density at radius 3 is 2.52 bits per heavy atom. The molecule has 2 fully saturated rings. The third-order valence-electron chi connectivity index (χ3n) is 4.87. The van der Waals surface area contributed by atoms with Gasteiger partial charge in [-0.3, -0.25) is 9.59 Å². The second-order valence-corrected chi connectivity index (χ2v) is 6.73. The van der Waals surface area contributed by atoms with E-state index in [-0.39, 0.29) is 23.9 Å². The van der Waals surface area contributed by atoms with Gasteiger partial charge in [0.1, 0.15) is 0 Å². The van der Waals surface area contributed by atoms with E-state index in [9.17, 15) is 9.59 Å². The van der Waals surface area contributed by atoms with Crippen LogP contribution in [0.5, 0.6) is 0 Å². The van der Waals surface area contributed by atoms with E-state index in [2.05, 4.69) is 5.32 Å². The SMILES string of the molecule is Cc1cc(C)cc(C(=O)NCC(=O)N2CCOCC23CCC3)c1. The molecule has 1 aliphatic carbocycles. The van der Waals surface area contributed by atoms with Crippen molar-refractivity contribution in [3.8, 4) is 0 Å². The lowest BCUT2D eigenvalue weighted by atomic mass is 9.75. The summed E-state index contributed by atoms with van der Waals surface area (Å²) in [4.78, 5) is 26.7. The van der Waals surface area contributed by atoms with E-state index in [1.54, 1.807) is 0 Å². The van der Waals surface area contributed by atoms with Gasteiger partial charge in [0, 0.05) is 12.1 Å². The summed E-state index contributed by atoms with van der Waals surface area (Å²) in [6.45, 7) is 5.81. The largest absolute Gasteiger partial charge is 0.377 e. The zero-order valence-electron chi connectivity index (χ0n) is 13.9. The van der Waals surface area contributed by atoms with Crippen LogP contribution in [-0.4, -0.2) is 48.6 Å². The van der Waals surface area contributed by atoms with Crippen molar-refractivity contribution in [2.24, 2.45) is 0 Å². The first-order valence-corrected chi connectivity index (χ1v) is 8.25. The molecule has 0 atom stereocenters. The van der Waals surface area contributed by atoms with Gasteiger partial charge in [0.15, 0.2) is 0 Å². The highest BCUT2D eigenvalue weighted by Gasteiger charge is 2.46. The van der Waals surface area contributed by atoms with Crippen molar-refractivity contribution >= 4 is 11.8 Å². The smallest absolute Gasteiger partial charge is 0.251 e. The minimum Gasteiger partial charge on any atom is -0.377 e. The van der Waals surface area contributed by atoms with Crippen molar-refractivity contribution in [1.82, 2.24) is 10.2 Å². The molecule has 1 aromatic rings. The first kappa shape index (κ1) is 16.0. The molecule has 3 rings (SSSR count). The maximum atomic E-state index is 12.5. The number of nitrogens with zero attached hydrogens (tertiary/aromatic N) is 1. The fourth-order valence-corrected chi connectivity index (χ4v) is 3.58. The third-order valence-corrected chi connectivity index (χ3v) is 4.87. The quantitative estimate of drug-likeness (QED) is 0.925. The van der Waals surface area contributed by atoms with Crippen LogP contribution < -0.4 is 5.32 Å². The fraction of sp³-hybridized carbons (Fsp3) is 0.556. The molecule has 1 aliphatic heterocycles. The van der Waals surface area contributed by atoms with Gasteiger partial charge in [-0.15, -0.1) is 0 Å². The lowest BCUT2D eigenvalue weighted by molar-refractivity contribution is -0.157. The topological polar surface area (TPSA) is 58.6 Å². The normalized spacial score (nSPS) is 19.3. The standard InChI is InChI=1S/C18H24N2O3/c1-13-8-14(2)10-15(9-13)17(22)19-11-16(21)20-6-7-23-12-18(20)4-3-5-18/h8-10H,3-7,11-12H2,1-2H3,(H,19,22). The minimum atomic E-state index is -0.193. The molecule has 5 heteroatoms. The Hall–Kier alpha value is -1.88. The Labute approximate surface area is 137 Å². The summed E-state index contributed by atoms with van der Waals surface area (Å²) in [6.07, 6.45) is 3.15. The average molecular weight is 316 g/mol. The van der Waals surface area contributed by atoms with Gasteiger partial charge in [0.25, 0.3) is 5.91 Å². The molecule has 2 amide bonds. The van der Waals surface area contributed by atoms with Crippen molar-refractivity contribution in [1.29, 1.82) is 0 Å². The second kappa shape index (κ2) is 6.32. The number of carbonyl (C=O) groups is 2. The van der Waals surface area contributed by atoms with Crippen molar-refractivity contribution in [2.75, 3.05) is 26.3 Å². The van der Waals surface area contributed by atoms with Gasteiger partial charge in [-0.2, -0.15) is 0 Å². The van der Waals surface area contributed by atoms with Gasteiger partial charge >= 0.3 is 0 Å². The Morgan fingerprint density at radius 2 is 1.91 bits per heavy atom. The van der Waals surface area contributed by atoms with E-state index in [0.717, 1.165) is 30.4 Å². The van der Waals surface area contributed by atoms with E-state index in [4.69, 9.17) is 4.74 Å². The van der Waals surface area contributed by atoms with Gasteiger partial charge in [-0.25, -0.2) is 0 Å². The summed E-state index contributed by atoms with van der Waals surface area (Å²) in [5.41, 5.74) is 2.58. The summed E-state index contributed by atoms with van der Waals surface area (Å²) in [6, 6.07) is 5.71. The molecule has 0 unspecified atom stereocenters. The van der Waals surface area contributed by atoms with Gasteiger partial charge in [0.2, 0.25) is 5.91 Å². The maximum Gasteiger partial charge on any atom is 0.251 e. The number of aryl methyl sites for hydroxylation is 2. The summed E-state index contributed by atoms with van der Waals surface area (Å²) >= 11 is 0. The molecular formula is C18H24N2O3. The van der Waals surface area contributed by atoms with Gasteiger partial charge in [-0.05, 0) is 45.2 Å². The number of benzene rings is 1. The Bertz CT molecular complexity index is 602. The van der Waals surface area contributed by atoms with Crippen molar-refractivity contribution < 1.29 is 14.3 Å². The number of rotatable bonds is 3. The van der Waals surface area contributed by atoms with Crippen LogP contribution in [0.15, 0.2) is 18.2 Å². The minimum absolute atomic E-state index is 0.00859. The molecule has 1 saturated heterocycles. The van der Waals surface area contributed by atoms with E-state index in [0.29, 0.717) is 25.3 Å². The van der Waals surface area contributed by atoms with Crippen molar-refractivity contribution in [3.05, 3.63) is 34.9 Å². The van der Waals surface area contributed by atoms with Crippen LogP contribution in [0.3, 0.4) is 0 Å². The number of hydrogen-bond donors (Lipinski definition) is 1. The molecule has 0 bridgehead atoms. The fourth-order valence-electron chi connectivity index (χ4n) is 3.58. The highest BCUT2D eigenvalue weighted by molar-refractivity contribution is 5.96. The van der Waals surface area contributed by atoms with Gasteiger partial charge in [-0.1, -0.05) is 17.2 Å². The molecule has 124 valence electrons. The average Bonchev–Trinajstić information content (AvgIpc) is 2.49. The zero-order chi connectivity index (χ0) is 16.4. The highest BCUT2D eigenvalue weighted by Crippen LogP contribution is 2.39. The molecule has 1 heterocycles. The molecule has 23 heavy (non-hydrogen) atoms. The monoisotopic (exact) mass is 316 g/mol. The predicted molar refractivity (Wildman–Crippen MR) is 87.4 cm³/mol. The zero-order valence-corrected chi connectivity index (χ0v) is 13.9. The molecular weight excluding hydrogens is 292 g/mol. The molecule has 0 radical (unpaired) electrons. The molecule has 0 aromatic heterocycles. The molecule has 1 N–H and O–H groups in total. The van der Waals surface area contributed by atoms with Crippen LogP contribution in [0.1, 0.15) is 40.7 Å². The molecule has 2 aliphatic rings.